The number of hydrogen-bond donors (Lipinski definition) is 1. The molecule has 1 aromatic carbocycles. The van der Waals surface area contributed by atoms with E-state index in [0.29, 0.717) is 12.1 Å². The van der Waals surface area contributed by atoms with Gasteiger partial charge >= 0.3 is 0 Å². The number of hydrogen-bond acceptors (Lipinski definition) is 3. The highest BCUT2D eigenvalue weighted by Crippen LogP contribution is 2.23. The highest BCUT2D eigenvalue weighted by Gasteiger charge is 2.24. The van der Waals surface area contributed by atoms with Crippen molar-refractivity contribution in [2.45, 2.75) is 32.4 Å². The molecule has 3 heteroatoms. The van der Waals surface area contributed by atoms with Gasteiger partial charge in [0.1, 0.15) is 0 Å². The van der Waals surface area contributed by atoms with Gasteiger partial charge in [-0.2, -0.15) is 0 Å². The van der Waals surface area contributed by atoms with E-state index in [1.165, 1.54) is 31.6 Å². The van der Waals surface area contributed by atoms with Crippen LogP contribution in [0.15, 0.2) is 30.3 Å². The van der Waals surface area contributed by atoms with Gasteiger partial charge < -0.3 is 10.2 Å². The van der Waals surface area contributed by atoms with Gasteiger partial charge in [0.05, 0.1) is 0 Å². The van der Waals surface area contributed by atoms with Crippen molar-refractivity contribution >= 4 is 0 Å². The summed E-state index contributed by atoms with van der Waals surface area (Å²) in [4.78, 5) is 4.98. The summed E-state index contributed by atoms with van der Waals surface area (Å²) >= 11 is 0. The summed E-state index contributed by atoms with van der Waals surface area (Å²) in [6.07, 6.45) is 1.33. The summed E-state index contributed by atoms with van der Waals surface area (Å²) < 4.78 is 0. The summed E-state index contributed by atoms with van der Waals surface area (Å²) in [6, 6.07) is 11.9. The van der Waals surface area contributed by atoms with Gasteiger partial charge in [0, 0.05) is 31.7 Å². The molecule has 1 N–H and O–H groups in total. The molecule has 118 valence electrons. The molecule has 2 unspecified atom stereocenters. The molecule has 1 aliphatic rings. The first-order chi connectivity index (χ1) is 10.1. The minimum Gasteiger partial charge on any atom is -0.313 e. The lowest BCUT2D eigenvalue weighted by molar-refractivity contribution is 0.200. The van der Waals surface area contributed by atoms with Crippen molar-refractivity contribution in [3.63, 3.8) is 0 Å². The molecule has 0 aliphatic carbocycles. The molecule has 1 fully saturated rings. The molecule has 0 radical (unpaired) electrons. The summed E-state index contributed by atoms with van der Waals surface area (Å²) in [5, 5.41) is 3.61. The SMILES string of the molecule is CC(C)NCC(c1ccccc1)N(C)CC1CCN(C)C1. The van der Waals surface area contributed by atoms with Gasteiger partial charge in [-0.05, 0) is 38.5 Å². The third-order valence-electron chi connectivity index (χ3n) is 4.47. The minimum absolute atomic E-state index is 0.458. The number of nitrogens with one attached hydrogen (secondary N) is 1. The lowest BCUT2D eigenvalue weighted by Gasteiger charge is -2.31. The summed E-state index contributed by atoms with van der Waals surface area (Å²) in [5.74, 6) is 0.810. The highest BCUT2D eigenvalue weighted by molar-refractivity contribution is 5.19. The Bertz CT molecular complexity index is 404. The zero-order valence-corrected chi connectivity index (χ0v) is 14.0. The molecule has 0 spiro atoms. The summed E-state index contributed by atoms with van der Waals surface area (Å²) in [6.45, 7) is 9.12. The lowest BCUT2D eigenvalue weighted by atomic mass is 10.0. The van der Waals surface area contributed by atoms with Crippen molar-refractivity contribution in [3.8, 4) is 0 Å². The average molecular weight is 289 g/mol. The second-order valence-electron chi connectivity index (χ2n) is 6.85. The summed E-state index contributed by atoms with van der Waals surface area (Å²) in [7, 11) is 4.51. The first kappa shape index (κ1) is 16.5. The van der Waals surface area contributed by atoms with E-state index in [1.54, 1.807) is 0 Å². The van der Waals surface area contributed by atoms with Gasteiger partial charge in [-0.3, -0.25) is 4.90 Å². The number of likely N-dealkylation sites (tertiary alicyclic amines) is 1. The predicted molar refractivity (Wildman–Crippen MR) is 90.6 cm³/mol. The van der Waals surface area contributed by atoms with Gasteiger partial charge in [-0.25, -0.2) is 0 Å². The largest absolute Gasteiger partial charge is 0.313 e. The van der Waals surface area contributed by atoms with E-state index in [9.17, 15) is 0 Å². The Balaban J connectivity index is 2.00. The molecule has 1 saturated heterocycles. The van der Waals surface area contributed by atoms with Crippen molar-refractivity contribution in [1.29, 1.82) is 0 Å². The molecule has 1 heterocycles. The molecule has 1 aliphatic heterocycles. The van der Waals surface area contributed by atoms with E-state index >= 15 is 0 Å². The van der Waals surface area contributed by atoms with Crippen LogP contribution in [0.5, 0.6) is 0 Å². The fraction of sp³-hybridized carbons (Fsp3) is 0.667. The third kappa shape index (κ3) is 5.10. The summed E-state index contributed by atoms with van der Waals surface area (Å²) in [5.41, 5.74) is 1.42. The second kappa shape index (κ2) is 7.92. The Morgan fingerprint density at radius 3 is 2.57 bits per heavy atom. The molecular formula is C18H31N3. The Kier molecular flexibility index (Phi) is 6.22. The number of likely N-dealkylation sites (N-methyl/N-ethyl adjacent to an activating group) is 1. The van der Waals surface area contributed by atoms with Gasteiger partial charge in [0.15, 0.2) is 0 Å². The van der Waals surface area contributed by atoms with Crippen LogP contribution in [-0.4, -0.2) is 56.1 Å². The normalized spacial score (nSPS) is 21.3. The molecule has 1 aromatic rings. The number of nitrogens with zero attached hydrogens (tertiary/aromatic N) is 2. The van der Waals surface area contributed by atoms with Gasteiger partial charge in [-0.15, -0.1) is 0 Å². The van der Waals surface area contributed by atoms with Crippen molar-refractivity contribution in [2.24, 2.45) is 5.92 Å². The van der Waals surface area contributed by atoms with Crippen LogP contribution in [0.2, 0.25) is 0 Å². The Morgan fingerprint density at radius 1 is 1.29 bits per heavy atom. The van der Waals surface area contributed by atoms with Crippen molar-refractivity contribution in [3.05, 3.63) is 35.9 Å². The van der Waals surface area contributed by atoms with Crippen LogP contribution in [0.1, 0.15) is 31.9 Å². The van der Waals surface area contributed by atoms with Gasteiger partial charge in [-0.1, -0.05) is 44.2 Å². The van der Waals surface area contributed by atoms with Crippen LogP contribution in [-0.2, 0) is 0 Å². The molecule has 2 atom stereocenters. The number of benzene rings is 1. The zero-order chi connectivity index (χ0) is 15.2. The van der Waals surface area contributed by atoms with Crippen LogP contribution in [0.25, 0.3) is 0 Å². The maximum absolute atomic E-state index is 3.61. The van der Waals surface area contributed by atoms with Crippen molar-refractivity contribution in [1.82, 2.24) is 15.1 Å². The molecular weight excluding hydrogens is 258 g/mol. The monoisotopic (exact) mass is 289 g/mol. The molecule has 0 aromatic heterocycles. The Labute approximate surface area is 130 Å². The first-order valence-electron chi connectivity index (χ1n) is 8.23. The molecule has 0 bridgehead atoms. The van der Waals surface area contributed by atoms with E-state index in [0.717, 1.165) is 12.5 Å². The van der Waals surface area contributed by atoms with E-state index in [1.807, 2.05) is 0 Å². The average Bonchev–Trinajstić information content (AvgIpc) is 2.85. The number of rotatable bonds is 7. The molecule has 2 rings (SSSR count). The van der Waals surface area contributed by atoms with E-state index in [4.69, 9.17) is 0 Å². The minimum atomic E-state index is 0.458. The fourth-order valence-corrected chi connectivity index (χ4v) is 3.26. The van der Waals surface area contributed by atoms with E-state index in [2.05, 4.69) is 73.4 Å². The first-order valence-corrected chi connectivity index (χ1v) is 8.23. The van der Waals surface area contributed by atoms with Gasteiger partial charge in [0.2, 0.25) is 0 Å². The zero-order valence-electron chi connectivity index (χ0n) is 14.0. The van der Waals surface area contributed by atoms with Crippen molar-refractivity contribution < 1.29 is 0 Å². The lowest BCUT2D eigenvalue weighted by Crippen LogP contribution is -2.38. The molecule has 21 heavy (non-hydrogen) atoms. The van der Waals surface area contributed by atoms with Crippen LogP contribution >= 0.6 is 0 Å². The smallest absolute Gasteiger partial charge is 0.0469 e. The van der Waals surface area contributed by atoms with Crippen LogP contribution in [0, 0.1) is 5.92 Å². The maximum atomic E-state index is 3.61. The van der Waals surface area contributed by atoms with Crippen molar-refractivity contribution in [2.75, 3.05) is 40.3 Å². The Morgan fingerprint density at radius 2 is 2.00 bits per heavy atom. The van der Waals surface area contributed by atoms with Crippen LogP contribution < -0.4 is 5.32 Å². The Hall–Kier alpha value is -0.900. The van der Waals surface area contributed by atoms with E-state index < -0.39 is 0 Å². The van der Waals surface area contributed by atoms with Crippen LogP contribution in [0.3, 0.4) is 0 Å². The fourth-order valence-electron chi connectivity index (χ4n) is 3.26. The van der Waals surface area contributed by atoms with Gasteiger partial charge in [0.25, 0.3) is 0 Å². The third-order valence-corrected chi connectivity index (χ3v) is 4.47. The maximum Gasteiger partial charge on any atom is 0.0469 e. The highest BCUT2D eigenvalue weighted by atomic mass is 15.2. The predicted octanol–water partition coefficient (Wildman–Crippen LogP) is 2.61. The standard InChI is InChI=1S/C18H31N3/c1-15(2)19-12-18(17-8-6-5-7-9-17)21(4)14-16-10-11-20(3)13-16/h5-9,15-16,18-19H,10-14H2,1-4H3. The van der Waals surface area contributed by atoms with E-state index in [-0.39, 0.29) is 0 Å². The molecule has 0 saturated carbocycles. The van der Waals surface area contributed by atoms with Crippen LogP contribution in [0.4, 0.5) is 0 Å². The topological polar surface area (TPSA) is 18.5 Å². The molecule has 0 amide bonds. The quantitative estimate of drug-likeness (QED) is 0.832. The molecule has 3 nitrogen and oxygen atoms in total. The second-order valence-corrected chi connectivity index (χ2v) is 6.85.